The number of hydrogen-bond donors (Lipinski definition) is 0. The number of aryl methyl sites for hydroxylation is 1. The van der Waals surface area contributed by atoms with Crippen LogP contribution in [0.5, 0.6) is 0 Å². The first-order chi connectivity index (χ1) is 11.1. The molecule has 0 unspecified atom stereocenters. The summed E-state index contributed by atoms with van der Waals surface area (Å²) in [4.78, 5) is 28.2. The molecule has 5 nitrogen and oxygen atoms in total. The molecule has 0 amide bonds. The van der Waals surface area contributed by atoms with E-state index in [2.05, 4.69) is 4.99 Å². The van der Waals surface area contributed by atoms with E-state index < -0.39 is 4.92 Å². The number of hydrogen-bond acceptors (Lipinski definition) is 5. The van der Waals surface area contributed by atoms with Crippen LogP contribution in [0.25, 0.3) is 0 Å². The third kappa shape index (κ3) is 3.18. The van der Waals surface area contributed by atoms with Crippen LogP contribution in [-0.4, -0.2) is 23.5 Å². The van der Waals surface area contributed by atoms with E-state index in [0.29, 0.717) is 21.2 Å². The minimum Gasteiger partial charge on any atom is -0.288 e. The number of ketones is 1. The normalized spacial score (nSPS) is 13.4. The van der Waals surface area contributed by atoms with E-state index >= 15 is 0 Å². The first-order valence-corrected chi connectivity index (χ1v) is 8.35. The summed E-state index contributed by atoms with van der Waals surface area (Å²) in [7, 11) is 0. The maximum Gasteiger partial charge on any atom is 0.238 e. The fraction of sp³-hybridized carbons (Fsp3) is 0.250. The molecule has 1 aromatic heterocycles. The summed E-state index contributed by atoms with van der Waals surface area (Å²) in [5, 5.41) is 11.4. The first-order valence-electron chi connectivity index (χ1n) is 7.16. The van der Waals surface area contributed by atoms with E-state index in [1.807, 2.05) is 0 Å². The maximum atomic E-state index is 12.9. The maximum absolute atomic E-state index is 12.9. The zero-order chi connectivity index (χ0) is 16.4. The van der Waals surface area contributed by atoms with E-state index in [4.69, 9.17) is 11.6 Å². The van der Waals surface area contributed by atoms with E-state index in [9.17, 15) is 14.9 Å². The molecule has 0 saturated carbocycles. The van der Waals surface area contributed by atoms with Crippen LogP contribution < -0.4 is 0 Å². The quantitative estimate of drug-likeness (QED) is 0.353. The van der Waals surface area contributed by atoms with Gasteiger partial charge in [0.05, 0.1) is 16.8 Å². The summed E-state index contributed by atoms with van der Waals surface area (Å²) < 4.78 is 0. The van der Waals surface area contributed by atoms with Crippen molar-refractivity contribution in [3.8, 4) is 0 Å². The number of benzene rings is 1. The van der Waals surface area contributed by atoms with Gasteiger partial charge in [-0.1, -0.05) is 23.7 Å². The van der Waals surface area contributed by atoms with Crippen molar-refractivity contribution >= 4 is 39.9 Å². The van der Waals surface area contributed by atoms with Gasteiger partial charge in [0.15, 0.2) is 5.78 Å². The Kier molecular flexibility index (Phi) is 4.54. The Morgan fingerprint density at radius 1 is 1.39 bits per heavy atom. The predicted octanol–water partition coefficient (Wildman–Crippen LogP) is 4.10. The van der Waals surface area contributed by atoms with Gasteiger partial charge in [0.2, 0.25) is 6.54 Å². The highest BCUT2D eigenvalue weighted by Crippen LogP contribution is 2.42. The highest BCUT2D eigenvalue weighted by atomic mass is 35.5. The molecule has 0 aliphatic heterocycles. The highest BCUT2D eigenvalue weighted by molar-refractivity contribution is 7.16. The molecule has 1 aromatic carbocycles. The molecule has 0 radical (unpaired) electrons. The lowest BCUT2D eigenvalue weighted by Crippen LogP contribution is -2.04. The van der Waals surface area contributed by atoms with Crippen LogP contribution in [0.3, 0.4) is 0 Å². The molecule has 0 bridgehead atoms. The number of carbonyl (C=O) groups is 1. The topological polar surface area (TPSA) is 72.6 Å². The van der Waals surface area contributed by atoms with Crippen LogP contribution in [0.15, 0.2) is 29.3 Å². The van der Waals surface area contributed by atoms with Gasteiger partial charge in [-0.2, -0.15) is 0 Å². The lowest BCUT2D eigenvalue weighted by molar-refractivity contribution is -0.462. The van der Waals surface area contributed by atoms with Gasteiger partial charge in [0.1, 0.15) is 5.00 Å². The molecule has 118 valence electrons. The fourth-order valence-corrected chi connectivity index (χ4v) is 4.16. The van der Waals surface area contributed by atoms with E-state index in [-0.39, 0.29) is 12.3 Å². The molecular weight excluding hydrogens is 336 g/mol. The minimum atomic E-state index is -0.458. The zero-order valence-corrected chi connectivity index (χ0v) is 13.7. The largest absolute Gasteiger partial charge is 0.288 e. The van der Waals surface area contributed by atoms with Crippen molar-refractivity contribution in [1.29, 1.82) is 0 Å². The smallest absolute Gasteiger partial charge is 0.238 e. The molecule has 0 atom stereocenters. The number of thiophene rings is 1. The third-order valence-corrected chi connectivity index (χ3v) is 5.22. The predicted molar refractivity (Wildman–Crippen MR) is 91.2 cm³/mol. The number of rotatable bonds is 5. The Labute approximate surface area is 141 Å². The minimum absolute atomic E-state index is 0.164. The van der Waals surface area contributed by atoms with Gasteiger partial charge in [0, 0.05) is 15.4 Å². The van der Waals surface area contributed by atoms with Crippen molar-refractivity contribution < 1.29 is 9.72 Å². The van der Waals surface area contributed by atoms with Crippen LogP contribution in [0, 0.1) is 10.1 Å². The number of halogens is 1. The molecule has 1 heterocycles. The Hall–Kier alpha value is -2.05. The fourth-order valence-electron chi connectivity index (χ4n) is 2.69. The molecule has 3 rings (SSSR count). The van der Waals surface area contributed by atoms with Crippen LogP contribution in [0.1, 0.15) is 32.8 Å². The summed E-state index contributed by atoms with van der Waals surface area (Å²) in [6, 6.07) is 6.90. The molecule has 0 fully saturated rings. The van der Waals surface area contributed by atoms with E-state index in [1.165, 1.54) is 17.6 Å². The second-order valence-corrected chi connectivity index (χ2v) is 6.66. The average Bonchev–Trinajstić information content (AvgIpc) is 3.07. The molecular formula is C16H13ClN2O3S. The summed E-state index contributed by atoms with van der Waals surface area (Å²) in [6.45, 7) is -0.359. The zero-order valence-electron chi connectivity index (χ0n) is 12.1. The Bertz CT molecular complexity index is 814. The summed E-state index contributed by atoms with van der Waals surface area (Å²) >= 11 is 7.58. The molecule has 7 heteroatoms. The standard InChI is InChI=1S/C16H13ClN2O3S/c17-12-6-2-1-4-10(12)15(20)14-11-5-3-7-13(11)23-16(14)18-8-9-19(21)22/h1-2,4,6,8H,3,5,7,9H2. The number of fused-ring (bicyclic) bond motifs is 1. The van der Waals surface area contributed by atoms with Crippen LogP contribution in [0.2, 0.25) is 5.02 Å². The second kappa shape index (κ2) is 6.60. The van der Waals surface area contributed by atoms with Crippen molar-refractivity contribution in [1.82, 2.24) is 0 Å². The van der Waals surface area contributed by atoms with Crippen LogP contribution >= 0.6 is 22.9 Å². The molecule has 1 aliphatic carbocycles. The molecule has 2 aromatic rings. The number of nitro groups is 1. The summed E-state index contributed by atoms with van der Waals surface area (Å²) in [6.07, 6.45) is 4.02. The van der Waals surface area contributed by atoms with Crippen molar-refractivity contribution in [2.75, 3.05) is 6.54 Å². The first kappa shape index (κ1) is 15.8. The van der Waals surface area contributed by atoms with E-state index in [1.54, 1.807) is 24.3 Å². The summed E-state index contributed by atoms with van der Waals surface area (Å²) in [5.74, 6) is -0.164. The van der Waals surface area contributed by atoms with Gasteiger partial charge in [-0.15, -0.1) is 11.3 Å². The number of carbonyl (C=O) groups excluding carboxylic acids is 1. The van der Waals surface area contributed by atoms with Gasteiger partial charge < -0.3 is 0 Å². The third-order valence-electron chi connectivity index (χ3n) is 3.69. The number of aliphatic imine (C=N–C) groups is 1. The van der Waals surface area contributed by atoms with Crippen LogP contribution in [-0.2, 0) is 12.8 Å². The van der Waals surface area contributed by atoms with Gasteiger partial charge in [-0.25, -0.2) is 4.99 Å². The molecule has 23 heavy (non-hydrogen) atoms. The molecule has 1 aliphatic rings. The molecule has 0 N–H and O–H groups in total. The van der Waals surface area contributed by atoms with Gasteiger partial charge >= 0.3 is 0 Å². The second-order valence-electron chi connectivity index (χ2n) is 5.17. The summed E-state index contributed by atoms with van der Waals surface area (Å²) in [5.41, 5.74) is 2.01. The number of nitrogens with zero attached hydrogens (tertiary/aromatic N) is 2. The van der Waals surface area contributed by atoms with Crippen molar-refractivity contribution in [2.45, 2.75) is 19.3 Å². The van der Waals surface area contributed by atoms with Crippen molar-refractivity contribution in [2.24, 2.45) is 4.99 Å². The molecule has 0 spiro atoms. The lowest BCUT2D eigenvalue weighted by Gasteiger charge is -2.05. The van der Waals surface area contributed by atoms with Gasteiger partial charge in [-0.05, 0) is 37.0 Å². The Balaban J connectivity index is 2.03. The van der Waals surface area contributed by atoms with Crippen molar-refractivity contribution in [3.05, 3.63) is 61.0 Å². The SMILES string of the molecule is O=C(c1ccccc1Cl)c1c(N=CC[N+](=O)[O-])sc2c1CCC2. The highest BCUT2D eigenvalue weighted by Gasteiger charge is 2.27. The Morgan fingerprint density at radius 2 is 2.17 bits per heavy atom. The van der Waals surface area contributed by atoms with Gasteiger partial charge in [-0.3, -0.25) is 14.9 Å². The van der Waals surface area contributed by atoms with Crippen molar-refractivity contribution in [3.63, 3.8) is 0 Å². The Morgan fingerprint density at radius 3 is 2.91 bits per heavy atom. The molecule has 0 saturated heterocycles. The van der Waals surface area contributed by atoms with E-state index in [0.717, 1.165) is 29.7 Å². The van der Waals surface area contributed by atoms with Crippen LogP contribution in [0.4, 0.5) is 5.00 Å². The van der Waals surface area contributed by atoms with Gasteiger partial charge in [0.25, 0.3) is 0 Å². The average molecular weight is 349 g/mol. The lowest BCUT2D eigenvalue weighted by atomic mass is 10.0. The monoisotopic (exact) mass is 348 g/mol.